The van der Waals surface area contributed by atoms with Gasteiger partial charge in [-0.2, -0.15) is 8.42 Å². The van der Waals surface area contributed by atoms with Crippen molar-refractivity contribution < 1.29 is 17.8 Å². The first kappa shape index (κ1) is 10.5. The Morgan fingerprint density at radius 3 is 2.57 bits per heavy atom. The van der Waals surface area contributed by atoms with Gasteiger partial charge in [0, 0.05) is 5.69 Å². The van der Waals surface area contributed by atoms with Crippen molar-refractivity contribution in [2.75, 3.05) is 11.1 Å². The Balaban J connectivity index is 3.36. The van der Waals surface area contributed by atoms with Crippen LogP contribution in [0.2, 0.25) is 0 Å². The zero-order chi connectivity index (χ0) is 10.8. The quantitative estimate of drug-likeness (QED) is 0.376. The molecular weight excluding hydrogens is 208 g/mol. The molecule has 0 fully saturated rings. The van der Waals surface area contributed by atoms with E-state index < -0.39 is 10.1 Å². The van der Waals surface area contributed by atoms with Crippen LogP contribution < -0.4 is 11.1 Å². The minimum Gasteiger partial charge on any atom is -0.399 e. The first-order valence-electron chi connectivity index (χ1n) is 3.52. The first-order chi connectivity index (χ1) is 6.45. The monoisotopic (exact) mass is 216 g/mol. The molecule has 0 atom stereocenters. The standard InChI is InChI=1S/C7H8N2O4S/c8-5-1-2-7(14(11,12)13)6(3-5)9-4-10/h1-4H,8H2,(H,9,10)(H,11,12,13). The largest absolute Gasteiger partial charge is 0.399 e. The zero-order valence-electron chi connectivity index (χ0n) is 6.97. The Bertz CT molecular complexity index is 455. The van der Waals surface area contributed by atoms with Crippen molar-refractivity contribution in [3.63, 3.8) is 0 Å². The van der Waals surface area contributed by atoms with E-state index in [1.807, 2.05) is 0 Å². The van der Waals surface area contributed by atoms with Gasteiger partial charge in [-0.25, -0.2) is 0 Å². The topological polar surface area (TPSA) is 109 Å². The molecule has 1 rings (SSSR count). The molecule has 0 unspecified atom stereocenters. The lowest BCUT2D eigenvalue weighted by atomic mass is 10.3. The third-order valence-corrected chi connectivity index (χ3v) is 2.41. The summed E-state index contributed by atoms with van der Waals surface area (Å²) in [6, 6.07) is 3.65. The molecule has 0 saturated heterocycles. The van der Waals surface area contributed by atoms with Crippen molar-refractivity contribution in [2.24, 2.45) is 0 Å². The van der Waals surface area contributed by atoms with Gasteiger partial charge in [-0.1, -0.05) is 0 Å². The Labute approximate surface area is 80.5 Å². The number of carbonyl (C=O) groups is 1. The second-order valence-corrected chi connectivity index (χ2v) is 3.88. The highest BCUT2D eigenvalue weighted by atomic mass is 32.2. The Hall–Kier alpha value is -1.60. The van der Waals surface area contributed by atoms with Gasteiger partial charge < -0.3 is 11.1 Å². The molecule has 1 aromatic rings. The number of amides is 1. The Morgan fingerprint density at radius 1 is 1.43 bits per heavy atom. The fourth-order valence-corrected chi connectivity index (χ4v) is 1.58. The molecule has 0 saturated carbocycles. The normalized spacial score (nSPS) is 10.9. The second-order valence-electron chi connectivity index (χ2n) is 2.49. The van der Waals surface area contributed by atoms with Crippen LogP contribution in [0.3, 0.4) is 0 Å². The van der Waals surface area contributed by atoms with Gasteiger partial charge >= 0.3 is 0 Å². The summed E-state index contributed by atoms with van der Waals surface area (Å²) in [5.74, 6) is 0. The van der Waals surface area contributed by atoms with Crippen LogP contribution >= 0.6 is 0 Å². The molecule has 0 radical (unpaired) electrons. The van der Waals surface area contributed by atoms with Crippen molar-refractivity contribution in [2.45, 2.75) is 4.90 Å². The van der Waals surface area contributed by atoms with E-state index in [2.05, 4.69) is 5.32 Å². The van der Waals surface area contributed by atoms with Crippen LogP contribution in [0.15, 0.2) is 23.1 Å². The van der Waals surface area contributed by atoms with E-state index in [0.29, 0.717) is 6.41 Å². The summed E-state index contributed by atoms with van der Waals surface area (Å²) in [6.07, 6.45) is 0.295. The van der Waals surface area contributed by atoms with Gasteiger partial charge in [0.15, 0.2) is 0 Å². The van der Waals surface area contributed by atoms with Crippen LogP contribution in [0.25, 0.3) is 0 Å². The van der Waals surface area contributed by atoms with Crippen molar-refractivity contribution in [1.82, 2.24) is 0 Å². The molecular formula is C7H8N2O4S. The van der Waals surface area contributed by atoms with Crippen molar-refractivity contribution in [3.05, 3.63) is 18.2 Å². The minimum atomic E-state index is -4.35. The fourth-order valence-electron chi connectivity index (χ4n) is 0.949. The Morgan fingerprint density at radius 2 is 2.07 bits per heavy atom. The minimum absolute atomic E-state index is 0.0532. The fraction of sp³-hybridized carbons (Fsp3) is 0. The number of rotatable bonds is 3. The number of anilines is 2. The number of nitrogens with two attached hydrogens (primary N) is 1. The average molecular weight is 216 g/mol. The second kappa shape index (κ2) is 3.64. The highest BCUT2D eigenvalue weighted by molar-refractivity contribution is 7.86. The lowest BCUT2D eigenvalue weighted by molar-refractivity contribution is -0.105. The van der Waals surface area contributed by atoms with Crippen LogP contribution in [0.4, 0.5) is 11.4 Å². The van der Waals surface area contributed by atoms with Crippen LogP contribution in [-0.2, 0) is 14.9 Å². The molecule has 7 heteroatoms. The summed E-state index contributed by atoms with van der Waals surface area (Å²) in [6.45, 7) is 0. The summed E-state index contributed by atoms with van der Waals surface area (Å²) in [7, 11) is -4.35. The molecule has 1 amide bonds. The average Bonchev–Trinajstić information content (AvgIpc) is 2.02. The maximum Gasteiger partial charge on any atom is 0.296 e. The highest BCUT2D eigenvalue weighted by Crippen LogP contribution is 2.22. The van der Waals surface area contributed by atoms with Crippen LogP contribution in [0.1, 0.15) is 0 Å². The summed E-state index contributed by atoms with van der Waals surface area (Å²) >= 11 is 0. The van der Waals surface area contributed by atoms with Gasteiger partial charge in [0.2, 0.25) is 6.41 Å². The summed E-state index contributed by atoms with van der Waals surface area (Å²) in [4.78, 5) is 9.75. The summed E-state index contributed by atoms with van der Waals surface area (Å²) in [5, 5.41) is 2.12. The molecule has 6 nitrogen and oxygen atoms in total. The van der Waals surface area contributed by atoms with E-state index in [1.165, 1.54) is 12.1 Å². The number of benzene rings is 1. The van der Waals surface area contributed by atoms with E-state index in [9.17, 15) is 13.2 Å². The maximum atomic E-state index is 10.8. The molecule has 0 aliphatic rings. The number of nitrogen functional groups attached to an aromatic ring is 1. The van der Waals surface area contributed by atoms with Gasteiger partial charge in [0.1, 0.15) is 4.90 Å². The number of hydrogen-bond acceptors (Lipinski definition) is 4. The smallest absolute Gasteiger partial charge is 0.296 e. The number of hydrogen-bond donors (Lipinski definition) is 3. The molecule has 0 aromatic heterocycles. The third kappa shape index (κ3) is 2.21. The third-order valence-electron chi connectivity index (χ3n) is 1.50. The van der Waals surface area contributed by atoms with Gasteiger partial charge in [-0.05, 0) is 18.2 Å². The van der Waals surface area contributed by atoms with E-state index in [0.717, 1.165) is 6.07 Å². The van der Waals surface area contributed by atoms with Crippen LogP contribution in [0.5, 0.6) is 0 Å². The molecule has 76 valence electrons. The van der Waals surface area contributed by atoms with Crippen LogP contribution in [-0.4, -0.2) is 19.4 Å². The number of nitrogens with one attached hydrogen (secondary N) is 1. The summed E-state index contributed by atoms with van der Waals surface area (Å²) in [5.41, 5.74) is 5.59. The molecule has 14 heavy (non-hydrogen) atoms. The SMILES string of the molecule is Nc1ccc(S(=O)(=O)O)c(NC=O)c1. The number of carbonyl (C=O) groups excluding carboxylic acids is 1. The molecule has 0 aliphatic carbocycles. The molecule has 0 heterocycles. The van der Waals surface area contributed by atoms with Gasteiger partial charge in [0.05, 0.1) is 5.69 Å². The highest BCUT2D eigenvalue weighted by Gasteiger charge is 2.14. The van der Waals surface area contributed by atoms with Crippen molar-refractivity contribution in [1.29, 1.82) is 0 Å². The van der Waals surface area contributed by atoms with Crippen molar-refractivity contribution in [3.8, 4) is 0 Å². The molecule has 0 aliphatic heterocycles. The molecule has 4 N–H and O–H groups in total. The van der Waals surface area contributed by atoms with E-state index >= 15 is 0 Å². The van der Waals surface area contributed by atoms with Gasteiger partial charge in [-0.15, -0.1) is 0 Å². The predicted octanol–water partition coefficient (Wildman–Crippen LogP) is 0.0838. The van der Waals surface area contributed by atoms with E-state index in [-0.39, 0.29) is 16.3 Å². The maximum absolute atomic E-state index is 10.8. The van der Waals surface area contributed by atoms with E-state index in [1.54, 1.807) is 0 Å². The lowest BCUT2D eigenvalue weighted by Crippen LogP contribution is -2.05. The van der Waals surface area contributed by atoms with Crippen molar-refractivity contribution >= 4 is 27.9 Å². The predicted molar refractivity (Wildman–Crippen MR) is 50.4 cm³/mol. The zero-order valence-corrected chi connectivity index (χ0v) is 7.78. The first-order valence-corrected chi connectivity index (χ1v) is 4.96. The van der Waals surface area contributed by atoms with E-state index in [4.69, 9.17) is 10.3 Å². The van der Waals surface area contributed by atoms with Gasteiger partial charge in [0.25, 0.3) is 10.1 Å². The summed E-state index contributed by atoms with van der Waals surface area (Å²) < 4.78 is 30.4. The molecule has 1 aromatic carbocycles. The Kier molecular flexibility index (Phi) is 2.73. The van der Waals surface area contributed by atoms with Gasteiger partial charge in [-0.3, -0.25) is 9.35 Å². The molecule has 0 bridgehead atoms. The molecule has 0 spiro atoms. The lowest BCUT2D eigenvalue weighted by Gasteiger charge is -2.05. The van der Waals surface area contributed by atoms with Crippen LogP contribution in [0, 0.1) is 0 Å².